The number of nitrogens with one attached hydrogen (secondary N) is 1. The third-order valence-corrected chi connectivity index (χ3v) is 1.93. The van der Waals surface area contributed by atoms with Crippen molar-refractivity contribution in [1.29, 1.82) is 0 Å². The molecule has 0 radical (unpaired) electrons. The molecule has 2 heterocycles. The summed E-state index contributed by atoms with van der Waals surface area (Å²) in [6.07, 6.45) is 4.18. The predicted octanol–water partition coefficient (Wildman–Crippen LogP) is 0.260. The van der Waals surface area contributed by atoms with E-state index in [1.165, 1.54) is 0 Å². The molecule has 1 unspecified atom stereocenters. The van der Waals surface area contributed by atoms with Gasteiger partial charge in [0.25, 0.3) is 0 Å². The Hall–Kier alpha value is -1.36. The molecule has 1 aliphatic heterocycles. The standard InChI is InChI=1S/C8H12N4O/c9-6-3-10-8(11-4-6)12-7-1-2-13-5-7/h3-4,7H,1-2,5,9H2,(H,10,11,12). The van der Waals surface area contributed by atoms with Crippen molar-refractivity contribution in [2.75, 3.05) is 24.3 Å². The smallest absolute Gasteiger partial charge is 0.223 e. The summed E-state index contributed by atoms with van der Waals surface area (Å²) < 4.78 is 5.21. The first-order chi connectivity index (χ1) is 6.34. The predicted molar refractivity (Wildman–Crippen MR) is 49.3 cm³/mol. The molecule has 0 aromatic carbocycles. The molecule has 0 amide bonds. The van der Waals surface area contributed by atoms with E-state index in [4.69, 9.17) is 10.5 Å². The van der Waals surface area contributed by atoms with Crippen LogP contribution in [0.2, 0.25) is 0 Å². The zero-order chi connectivity index (χ0) is 9.10. The van der Waals surface area contributed by atoms with E-state index >= 15 is 0 Å². The first-order valence-corrected chi connectivity index (χ1v) is 4.26. The van der Waals surface area contributed by atoms with E-state index < -0.39 is 0 Å². The molecule has 3 N–H and O–H groups in total. The zero-order valence-corrected chi connectivity index (χ0v) is 7.23. The quantitative estimate of drug-likeness (QED) is 0.683. The summed E-state index contributed by atoms with van der Waals surface area (Å²) in [5, 5.41) is 3.17. The van der Waals surface area contributed by atoms with Crippen molar-refractivity contribution in [2.24, 2.45) is 0 Å². The second-order valence-electron chi connectivity index (χ2n) is 3.04. The fourth-order valence-electron chi connectivity index (χ4n) is 1.24. The van der Waals surface area contributed by atoms with Crippen molar-refractivity contribution in [2.45, 2.75) is 12.5 Å². The lowest BCUT2D eigenvalue weighted by molar-refractivity contribution is 0.195. The highest BCUT2D eigenvalue weighted by Crippen LogP contribution is 2.09. The van der Waals surface area contributed by atoms with E-state index in [0.29, 0.717) is 17.7 Å². The van der Waals surface area contributed by atoms with Gasteiger partial charge in [-0.1, -0.05) is 0 Å². The topological polar surface area (TPSA) is 73.1 Å². The third kappa shape index (κ3) is 2.06. The Labute approximate surface area is 76.3 Å². The molecular formula is C8H12N4O. The van der Waals surface area contributed by atoms with Crippen LogP contribution in [0, 0.1) is 0 Å². The minimum atomic E-state index is 0.337. The van der Waals surface area contributed by atoms with Crippen LogP contribution in [0.5, 0.6) is 0 Å². The number of anilines is 2. The summed E-state index contributed by atoms with van der Waals surface area (Å²) in [4.78, 5) is 8.08. The molecule has 0 saturated carbocycles. The summed E-state index contributed by atoms with van der Waals surface area (Å²) in [6, 6.07) is 0.337. The number of nitrogens with two attached hydrogens (primary N) is 1. The van der Waals surface area contributed by atoms with Gasteiger partial charge >= 0.3 is 0 Å². The number of nitrogens with zero attached hydrogens (tertiary/aromatic N) is 2. The maximum Gasteiger partial charge on any atom is 0.223 e. The summed E-state index contributed by atoms with van der Waals surface area (Å²) in [5.41, 5.74) is 6.03. The number of hydrogen-bond donors (Lipinski definition) is 2. The highest BCUT2D eigenvalue weighted by Gasteiger charge is 2.15. The fraction of sp³-hybridized carbons (Fsp3) is 0.500. The van der Waals surface area contributed by atoms with E-state index in [-0.39, 0.29) is 0 Å². The van der Waals surface area contributed by atoms with Crippen molar-refractivity contribution in [3.8, 4) is 0 Å². The van der Waals surface area contributed by atoms with Crippen molar-refractivity contribution < 1.29 is 4.74 Å². The van der Waals surface area contributed by atoms with Gasteiger partial charge in [-0.05, 0) is 6.42 Å². The number of aromatic nitrogens is 2. The maximum absolute atomic E-state index is 5.46. The maximum atomic E-state index is 5.46. The van der Waals surface area contributed by atoms with Crippen molar-refractivity contribution in [1.82, 2.24) is 9.97 Å². The number of nitrogen functional groups attached to an aromatic ring is 1. The Morgan fingerprint density at radius 1 is 1.46 bits per heavy atom. The summed E-state index contributed by atoms with van der Waals surface area (Å²) >= 11 is 0. The molecule has 13 heavy (non-hydrogen) atoms. The average molecular weight is 180 g/mol. The largest absolute Gasteiger partial charge is 0.396 e. The van der Waals surface area contributed by atoms with Gasteiger partial charge in [0.05, 0.1) is 30.7 Å². The molecule has 1 aromatic heterocycles. The van der Waals surface area contributed by atoms with Crippen molar-refractivity contribution in [3.05, 3.63) is 12.4 Å². The summed E-state index contributed by atoms with van der Waals surface area (Å²) in [7, 11) is 0. The second-order valence-corrected chi connectivity index (χ2v) is 3.04. The van der Waals surface area contributed by atoms with Crippen molar-refractivity contribution >= 4 is 11.6 Å². The first-order valence-electron chi connectivity index (χ1n) is 4.26. The molecule has 1 atom stereocenters. The van der Waals surface area contributed by atoms with Crippen LogP contribution in [0.4, 0.5) is 11.6 Å². The molecule has 0 spiro atoms. The Bertz CT molecular complexity index is 268. The summed E-state index contributed by atoms with van der Waals surface area (Å²) in [5.74, 6) is 0.615. The van der Waals surface area contributed by atoms with Gasteiger partial charge in [0, 0.05) is 6.61 Å². The van der Waals surface area contributed by atoms with Gasteiger partial charge in [-0.15, -0.1) is 0 Å². The van der Waals surface area contributed by atoms with E-state index in [0.717, 1.165) is 19.6 Å². The molecular weight excluding hydrogens is 168 g/mol. The van der Waals surface area contributed by atoms with Gasteiger partial charge in [0.15, 0.2) is 0 Å². The van der Waals surface area contributed by atoms with Gasteiger partial charge in [-0.3, -0.25) is 0 Å². The van der Waals surface area contributed by atoms with Crippen LogP contribution in [0.15, 0.2) is 12.4 Å². The van der Waals surface area contributed by atoms with Crippen LogP contribution in [0.1, 0.15) is 6.42 Å². The molecule has 0 aliphatic carbocycles. The molecule has 70 valence electrons. The minimum Gasteiger partial charge on any atom is -0.396 e. The molecule has 5 heteroatoms. The number of hydrogen-bond acceptors (Lipinski definition) is 5. The molecule has 5 nitrogen and oxygen atoms in total. The lowest BCUT2D eigenvalue weighted by atomic mass is 10.3. The molecule has 1 aliphatic rings. The van der Waals surface area contributed by atoms with Gasteiger partial charge in [-0.2, -0.15) is 0 Å². The van der Waals surface area contributed by atoms with Gasteiger partial charge in [0.1, 0.15) is 0 Å². The van der Waals surface area contributed by atoms with E-state index in [1.807, 2.05) is 0 Å². The average Bonchev–Trinajstić information content (AvgIpc) is 2.62. The zero-order valence-electron chi connectivity index (χ0n) is 7.23. The normalized spacial score (nSPS) is 21.7. The number of ether oxygens (including phenoxy) is 1. The van der Waals surface area contributed by atoms with Crippen LogP contribution in [-0.2, 0) is 4.74 Å². The Balaban J connectivity index is 1.97. The molecule has 1 aromatic rings. The van der Waals surface area contributed by atoms with Gasteiger partial charge in [-0.25, -0.2) is 9.97 Å². The fourth-order valence-corrected chi connectivity index (χ4v) is 1.24. The van der Waals surface area contributed by atoms with Crippen LogP contribution >= 0.6 is 0 Å². The van der Waals surface area contributed by atoms with E-state index in [2.05, 4.69) is 15.3 Å². The molecule has 1 saturated heterocycles. The molecule has 2 rings (SSSR count). The molecule has 1 fully saturated rings. The van der Waals surface area contributed by atoms with Crippen LogP contribution < -0.4 is 11.1 Å². The third-order valence-electron chi connectivity index (χ3n) is 1.93. The lowest BCUT2D eigenvalue weighted by Gasteiger charge is -2.09. The molecule has 0 bridgehead atoms. The van der Waals surface area contributed by atoms with Crippen LogP contribution in [0.3, 0.4) is 0 Å². The lowest BCUT2D eigenvalue weighted by Crippen LogP contribution is -2.20. The van der Waals surface area contributed by atoms with Gasteiger partial charge in [0.2, 0.25) is 5.95 Å². The van der Waals surface area contributed by atoms with E-state index in [9.17, 15) is 0 Å². The summed E-state index contributed by atoms with van der Waals surface area (Å²) in [6.45, 7) is 1.54. The minimum absolute atomic E-state index is 0.337. The first kappa shape index (κ1) is 8.25. The highest BCUT2D eigenvalue weighted by atomic mass is 16.5. The Kier molecular flexibility index (Phi) is 2.27. The second kappa shape index (κ2) is 3.57. The van der Waals surface area contributed by atoms with Crippen molar-refractivity contribution in [3.63, 3.8) is 0 Å². The SMILES string of the molecule is Nc1cnc(NC2CCOC2)nc1. The highest BCUT2D eigenvalue weighted by molar-refractivity contribution is 5.36. The van der Waals surface area contributed by atoms with Gasteiger partial charge < -0.3 is 15.8 Å². The van der Waals surface area contributed by atoms with Crippen LogP contribution in [0.25, 0.3) is 0 Å². The monoisotopic (exact) mass is 180 g/mol. The Morgan fingerprint density at radius 2 is 2.23 bits per heavy atom. The van der Waals surface area contributed by atoms with E-state index in [1.54, 1.807) is 12.4 Å². The van der Waals surface area contributed by atoms with Crippen LogP contribution in [-0.4, -0.2) is 29.2 Å². The Morgan fingerprint density at radius 3 is 2.85 bits per heavy atom. The number of rotatable bonds is 2.